The zero-order chi connectivity index (χ0) is 18.0. The third-order valence-corrected chi connectivity index (χ3v) is 4.55. The van der Waals surface area contributed by atoms with E-state index >= 15 is 0 Å². The summed E-state index contributed by atoms with van der Waals surface area (Å²) < 4.78 is 14.8. The molecule has 0 spiro atoms. The molecule has 1 atom stereocenters. The summed E-state index contributed by atoms with van der Waals surface area (Å²) >= 11 is 0. The number of benzene rings is 1. The topological polar surface area (TPSA) is 75.2 Å². The van der Waals surface area contributed by atoms with Crippen LogP contribution in [0.1, 0.15) is 36.4 Å². The van der Waals surface area contributed by atoms with E-state index in [1.54, 1.807) is 17.9 Å². The van der Waals surface area contributed by atoms with Crippen LogP contribution >= 0.6 is 0 Å². The van der Waals surface area contributed by atoms with Crippen molar-refractivity contribution in [1.29, 1.82) is 0 Å². The number of carbonyl (C=O) groups excluding carboxylic acids is 1. The molecule has 0 unspecified atom stereocenters. The summed E-state index contributed by atoms with van der Waals surface area (Å²) in [4.78, 5) is 40.0. The van der Waals surface area contributed by atoms with E-state index in [2.05, 4.69) is 4.98 Å². The maximum Gasteiger partial charge on any atom is 0.328 e. The minimum Gasteiger partial charge on any atom is -0.334 e. The predicted molar refractivity (Wildman–Crippen MR) is 90.8 cm³/mol. The first-order chi connectivity index (χ1) is 12.0. The normalized spacial score (nSPS) is 17.5. The molecule has 6 nitrogen and oxygen atoms in total. The molecule has 0 saturated carbocycles. The Morgan fingerprint density at radius 2 is 2.12 bits per heavy atom. The molecule has 1 N–H and O–H groups in total. The van der Waals surface area contributed by atoms with Gasteiger partial charge in [-0.1, -0.05) is 12.1 Å². The molecule has 2 heterocycles. The number of hydrogen-bond donors (Lipinski definition) is 1. The van der Waals surface area contributed by atoms with E-state index in [1.807, 2.05) is 6.07 Å². The van der Waals surface area contributed by atoms with Crippen molar-refractivity contribution in [3.8, 4) is 0 Å². The van der Waals surface area contributed by atoms with Gasteiger partial charge in [-0.05, 0) is 43.9 Å². The number of carbonyl (C=O) groups is 1. The molecule has 0 bridgehead atoms. The Hall–Kier alpha value is -2.70. The number of piperidine rings is 1. The summed E-state index contributed by atoms with van der Waals surface area (Å²) in [6.45, 7) is 2.00. The van der Waals surface area contributed by atoms with Crippen LogP contribution in [0.4, 0.5) is 4.39 Å². The largest absolute Gasteiger partial charge is 0.334 e. The van der Waals surface area contributed by atoms with Crippen LogP contribution in [0.5, 0.6) is 0 Å². The van der Waals surface area contributed by atoms with Crippen molar-refractivity contribution in [1.82, 2.24) is 14.5 Å². The minimum atomic E-state index is -0.608. The van der Waals surface area contributed by atoms with Gasteiger partial charge in [-0.25, -0.2) is 9.18 Å². The van der Waals surface area contributed by atoms with Crippen molar-refractivity contribution in [2.24, 2.45) is 0 Å². The number of aromatic nitrogens is 2. The number of aromatic amines is 1. The van der Waals surface area contributed by atoms with Crippen molar-refractivity contribution in [2.45, 2.75) is 38.8 Å². The van der Waals surface area contributed by atoms with Crippen LogP contribution in [-0.4, -0.2) is 26.9 Å². The van der Waals surface area contributed by atoms with Crippen molar-refractivity contribution in [2.75, 3.05) is 6.54 Å². The Labute approximate surface area is 143 Å². The number of hydrogen-bond acceptors (Lipinski definition) is 3. The fourth-order valence-electron chi connectivity index (χ4n) is 3.26. The fourth-order valence-corrected chi connectivity index (χ4v) is 3.26. The second kappa shape index (κ2) is 7.04. The molecule has 1 aliphatic heterocycles. The quantitative estimate of drug-likeness (QED) is 0.921. The van der Waals surface area contributed by atoms with Crippen LogP contribution in [-0.2, 0) is 11.3 Å². The number of rotatable bonds is 3. The smallest absolute Gasteiger partial charge is 0.328 e. The zero-order valence-corrected chi connectivity index (χ0v) is 14.0. The first-order valence-electron chi connectivity index (χ1n) is 8.31. The van der Waals surface area contributed by atoms with E-state index in [-0.39, 0.29) is 24.3 Å². The van der Waals surface area contributed by atoms with Crippen LogP contribution in [0.15, 0.2) is 40.1 Å². The SMILES string of the molecule is Cc1cn(CC(=O)N2CCCC[C@H]2c2cccc(F)c2)c(=O)[nH]c1=O. The highest BCUT2D eigenvalue weighted by Gasteiger charge is 2.28. The number of H-pyrrole nitrogens is 1. The lowest BCUT2D eigenvalue weighted by atomic mass is 9.95. The molecule has 3 rings (SSSR count). The number of nitrogens with one attached hydrogen (secondary N) is 1. The van der Waals surface area contributed by atoms with Crippen LogP contribution in [0.2, 0.25) is 0 Å². The summed E-state index contributed by atoms with van der Waals surface area (Å²) in [6, 6.07) is 6.08. The molecule has 0 radical (unpaired) electrons. The molecule has 1 saturated heterocycles. The van der Waals surface area contributed by atoms with Crippen LogP contribution in [0.25, 0.3) is 0 Å². The number of nitrogens with zero attached hydrogens (tertiary/aromatic N) is 2. The lowest BCUT2D eigenvalue weighted by molar-refractivity contribution is -0.135. The van der Waals surface area contributed by atoms with E-state index in [9.17, 15) is 18.8 Å². The highest BCUT2D eigenvalue weighted by Crippen LogP contribution is 2.31. The maximum absolute atomic E-state index is 13.5. The third-order valence-electron chi connectivity index (χ3n) is 4.55. The summed E-state index contributed by atoms with van der Waals surface area (Å²) in [5.41, 5.74) is 0.0679. The highest BCUT2D eigenvalue weighted by atomic mass is 19.1. The van der Waals surface area contributed by atoms with Gasteiger partial charge in [-0.3, -0.25) is 19.1 Å². The molecule has 1 aromatic carbocycles. The van der Waals surface area contributed by atoms with Gasteiger partial charge in [-0.15, -0.1) is 0 Å². The second-order valence-corrected chi connectivity index (χ2v) is 6.35. The molecule has 25 heavy (non-hydrogen) atoms. The number of likely N-dealkylation sites (tertiary alicyclic amines) is 1. The summed E-state index contributed by atoms with van der Waals surface area (Å²) in [5.74, 6) is -0.550. The Bertz CT molecular complexity index is 903. The van der Waals surface area contributed by atoms with E-state index in [0.717, 1.165) is 24.8 Å². The average Bonchev–Trinajstić information content (AvgIpc) is 2.59. The zero-order valence-electron chi connectivity index (χ0n) is 14.0. The first-order valence-corrected chi connectivity index (χ1v) is 8.31. The van der Waals surface area contributed by atoms with Gasteiger partial charge in [0.1, 0.15) is 12.4 Å². The summed E-state index contributed by atoms with van der Waals surface area (Å²) in [6.07, 6.45) is 3.98. The van der Waals surface area contributed by atoms with Crippen LogP contribution < -0.4 is 11.2 Å². The summed E-state index contributed by atoms with van der Waals surface area (Å²) in [7, 11) is 0. The number of amides is 1. The molecule has 1 amide bonds. The van der Waals surface area contributed by atoms with Gasteiger partial charge in [0.2, 0.25) is 5.91 Å². The monoisotopic (exact) mass is 345 g/mol. The molecular formula is C18H20FN3O3. The van der Waals surface area contributed by atoms with E-state index < -0.39 is 11.2 Å². The van der Waals surface area contributed by atoms with Crippen LogP contribution in [0, 0.1) is 12.7 Å². The molecule has 1 fully saturated rings. The molecular weight excluding hydrogens is 325 g/mol. The lowest BCUT2D eigenvalue weighted by Crippen LogP contribution is -2.42. The fraction of sp³-hybridized carbons (Fsp3) is 0.389. The Morgan fingerprint density at radius 1 is 1.32 bits per heavy atom. The minimum absolute atomic E-state index is 0.151. The van der Waals surface area contributed by atoms with Gasteiger partial charge < -0.3 is 4.90 Å². The Kier molecular flexibility index (Phi) is 4.83. The van der Waals surface area contributed by atoms with Gasteiger partial charge in [0.05, 0.1) is 6.04 Å². The van der Waals surface area contributed by atoms with Gasteiger partial charge in [-0.2, -0.15) is 0 Å². The Balaban J connectivity index is 1.85. The third kappa shape index (κ3) is 3.70. The standard InChI is InChI=1S/C18H20FN3O3/c1-12-10-21(18(25)20-17(12)24)11-16(23)22-8-3-2-7-15(22)13-5-4-6-14(19)9-13/h4-6,9-10,15H,2-3,7-8,11H2,1H3,(H,20,24,25)/t15-/m0/s1. The molecule has 1 aliphatic rings. The first kappa shape index (κ1) is 17.1. The average molecular weight is 345 g/mol. The number of aryl methyl sites for hydroxylation is 1. The second-order valence-electron chi connectivity index (χ2n) is 6.35. The predicted octanol–water partition coefficient (Wildman–Crippen LogP) is 1.74. The number of halogens is 1. The van der Waals surface area contributed by atoms with E-state index in [0.29, 0.717) is 12.1 Å². The molecule has 2 aromatic rings. The van der Waals surface area contributed by atoms with Gasteiger partial charge >= 0.3 is 5.69 Å². The van der Waals surface area contributed by atoms with E-state index in [4.69, 9.17) is 0 Å². The van der Waals surface area contributed by atoms with Crippen molar-refractivity contribution in [3.05, 3.63) is 68.2 Å². The molecule has 7 heteroatoms. The van der Waals surface area contributed by atoms with Crippen molar-refractivity contribution in [3.63, 3.8) is 0 Å². The van der Waals surface area contributed by atoms with Gasteiger partial charge in [0.15, 0.2) is 0 Å². The Morgan fingerprint density at radius 3 is 2.88 bits per heavy atom. The molecule has 1 aromatic heterocycles. The van der Waals surface area contributed by atoms with Crippen molar-refractivity contribution < 1.29 is 9.18 Å². The van der Waals surface area contributed by atoms with Crippen molar-refractivity contribution >= 4 is 5.91 Å². The molecule has 132 valence electrons. The lowest BCUT2D eigenvalue weighted by Gasteiger charge is -2.36. The summed E-state index contributed by atoms with van der Waals surface area (Å²) in [5, 5.41) is 0. The van der Waals surface area contributed by atoms with Crippen LogP contribution in [0.3, 0.4) is 0 Å². The highest BCUT2D eigenvalue weighted by molar-refractivity contribution is 5.76. The van der Waals surface area contributed by atoms with Gasteiger partial charge in [0.25, 0.3) is 5.56 Å². The molecule has 0 aliphatic carbocycles. The van der Waals surface area contributed by atoms with E-state index in [1.165, 1.54) is 22.9 Å². The maximum atomic E-state index is 13.5. The van der Waals surface area contributed by atoms with Gasteiger partial charge in [0, 0.05) is 18.3 Å².